The Hall–Kier alpha value is -3.02. The molecule has 0 saturated carbocycles. The summed E-state index contributed by atoms with van der Waals surface area (Å²) in [6.07, 6.45) is 9.58. The summed E-state index contributed by atoms with van der Waals surface area (Å²) in [5.41, 5.74) is 4.37. The van der Waals surface area contributed by atoms with Crippen LogP contribution in [0.1, 0.15) is 34.6 Å². The number of likely N-dealkylation sites (tertiary alicyclic amines) is 1. The largest absolute Gasteiger partial charge is 0.338 e. The van der Waals surface area contributed by atoms with E-state index in [-0.39, 0.29) is 5.91 Å². The zero-order valence-electron chi connectivity index (χ0n) is 16.4. The summed E-state index contributed by atoms with van der Waals surface area (Å²) in [6.45, 7) is 6.41. The molecule has 1 aliphatic heterocycles. The second-order valence-corrected chi connectivity index (χ2v) is 7.54. The van der Waals surface area contributed by atoms with Crippen molar-refractivity contribution in [3.63, 3.8) is 0 Å². The number of amides is 1. The van der Waals surface area contributed by atoms with Crippen molar-refractivity contribution in [2.24, 2.45) is 5.92 Å². The van der Waals surface area contributed by atoms with E-state index in [9.17, 15) is 4.79 Å². The van der Waals surface area contributed by atoms with E-state index in [1.807, 2.05) is 55.5 Å². The van der Waals surface area contributed by atoms with Gasteiger partial charge in [0, 0.05) is 49.4 Å². The van der Waals surface area contributed by atoms with E-state index >= 15 is 0 Å². The van der Waals surface area contributed by atoms with Gasteiger partial charge in [-0.3, -0.25) is 9.78 Å². The van der Waals surface area contributed by atoms with E-state index < -0.39 is 0 Å². The summed E-state index contributed by atoms with van der Waals surface area (Å²) in [4.78, 5) is 28.1. The van der Waals surface area contributed by atoms with Gasteiger partial charge in [0.25, 0.3) is 5.91 Å². The van der Waals surface area contributed by atoms with Gasteiger partial charge in [0.2, 0.25) is 0 Å². The van der Waals surface area contributed by atoms with E-state index in [1.165, 1.54) is 0 Å². The minimum absolute atomic E-state index is 0.105. The molecular formula is C22H25N5O. The lowest BCUT2D eigenvalue weighted by atomic mass is 9.97. The molecular weight excluding hydrogens is 350 g/mol. The number of rotatable bonds is 4. The van der Waals surface area contributed by atoms with Crippen LogP contribution in [0.3, 0.4) is 0 Å². The van der Waals surface area contributed by atoms with Gasteiger partial charge in [0.05, 0.1) is 23.4 Å². The molecule has 0 radical (unpaired) electrons. The number of imidazole rings is 1. The third kappa shape index (κ3) is 3.96. The van der Waals surface area contributed by atoms with Gasteiger partial charge in [-0.1, -0.05) is 12.1 Å². The molecule has 2 aromatic heterocycles. The molecule has 1 aliphatic rings. The highest BCUT2D eigenvalue weighted by Crippen LogP contribution is 2.23. The first-order valence-electron chi connectivity index (χ1n) is 9.76. The maximum Gasteiger partial charge on any atom is 0.253 e. The fourth-order valence-corrected chi connectivity index (χ4v) is 3.86. The predicted octanol–water partition coefficient (Wildman–Crippen LogP) is 3.51. The fourth-order valence-electron chi connectivity index (χ4n) is 3.86. The van der Waals surface area contributed by atoms with Crippen molar-refractivity contribution in [2.45, 2.75) is 33.2 Å². The summed E-state index contributed by atoms with van der Waals surface area (Å²) in [7, 11) is 0. The Morgan fingerprint density at radius 1 is 1.21 bits per heavy atom. The summed E-state index contributed by atoms with van der Waals surface area (Å²) >= 11 is 0. The van der Waals surface area contributed by atoms with Crippen molar-refractivity contribution >= 4 is 5.91 Å². The maximum atomic E-state index is 13.0. The third-order valence-electron chi connectivity index (χ3n) is 5.32. The Morgan fingerprint density at radius 2 is 2.04 bits per heavy atom. The molecule has 1 atom stereocenters. The van der Waals surface area contributed by atoms with Crippen molar-refractivity contribution in [3.8, 4) is 11.3 Å². The lowest BCUT2D eigenvalue weighted by Crippen LogP contribution is -2.41. The monoisotopic (exact) mass is 375 g/mol. The quantitative estimate of drug-likeness (QED) is 0.700. The van der Waals surface area contributed by atoms with Crippen LogP contribution in [0.4, 0.5) is 0 Å². The van der Waals surface area contributed by atoms with Crippen molar-refractivity contribution < 1.29 is 4.79 Å². The maximum absolute atomic E-state index is 13.0. The van der Waals surface area contributed by atoms with Crippen LogP contribution in [0.5, 0.6) is 0 Å². The van der Waals surface area contributed by atoms with Gasteiger partial charge in [-0.05, 0) is 44.7 Å². The van der Waals surface area contributed by atoms with Gasteiger partial charge in [-0.25, -0.2) is 9.97 Å². The molecule has 1 amide bonds. The Kier molecular flexibility index (Phi) is 5.19. The summed E-state index contributed by atoms with van der Waals surface area (Å²) in [5.74, 6) is 0.574. The summed E-state index contributed by atoms with van der Waals surface area (Å²) < 4.78 is 2.10. The normalized spacial score (nSPS) is 16.9. The van der Waals surface area contributed by atoms with Crippen molar-refractivity contribution in [2.75, 3.05) is 13.1 Å². The topological polar surface area (TPSA) is 63.9 Å². The summed E-state index contributed by atoms with van der Waals surface area (Å²) in [6, 6.07) is 7.74. The van der Waals surface area contributed by atoms with Crippen LogP contribution in [-0.4, -0.2) is 43.4 Å². The highest BCUT2D eigenvalue weighted by atomic mass is 16.2. The second kappa shape index (κ2) is 7.92. The molecule has 0 spiro atoms. The number of hydrogen-bond donors (Lipinski definition) is 0. The van der Waals surface area contributed by atoms with Gasteiger partial charge in [0.15, 0.2) is 0 Å². The van der Waals surface area contributed by atoms with Crippen LogP contribution >= 0.6 is 0 Å². The van der Waals surface area contributed by atoms with E-state index in [0.717, 1.165) is 60.7 Å². The Morgan fingerprint density at radius 3 is 2.79 bits per heavy atom. The molecule has 0 N–H and O–H groups in total. The SMILES string of the molecule is Cc1cnc(C)c(-c2ccc(C(=O)N3CCC[C@@H](Cn4ccnc4)C3)cc2)n1. The molecule has 0 bridgehead atoms. The minimum atomic E-state index is 0.105. The highest BCUT2D eigenvalue weighted by Gasteiger charge is 2.24. The lowest BCUT2D eigenvalue weighted by molar-refractivity contribution is 0.0662. The smallest absolute Gasteiger partial charge is 0.253 e. The van der Waals surface area contributed by atoms with Gasteiger partial charge in [-0.15, -0.1) is 0 Å². The number of benzene rings is 1. The average Bonchev–Trinajstić information content (AvgIpc) is 3.23. The van der Waals surface area contributed by atoms with E-state index in [1.54, 1.807) is 12.4 Å². The summed E-state index contributed by atoms with van der Waals surface area (Å²) in [5, 5.41) is 0. The Balaban J connectivity index is 1.46. The molecule has 4 rings (SSSR count). The van der Waals surface area contributed by atoms with Gasteiger partial charge in [-0.2, -0.15) is 0 Å². The molecule has 0 unspecified atom stereocenters. The number of aryl methyl sites for hydroxylation is 2. The molecule has 6 heteroatoms. The molecule has 28 heavy (non-hydrogen) atoms. The Labute approximate surface area is 165 Å². The second-order valence-electron chi connectivity index (χ2n) is 7.54. The first-order chi connectivity index (χ1) is 13.6. The fraction of sp³-hybridized carbons (Fsp3) is 0.364. The molecule has 1 saturated heterocycles. The first kappa shape index (κ1) is 18.3. The number of carbonyl (C=O) groups is 1. The predicted molar refractivity (Wildman–Crippen MR) is 108 cm³/mol. The van der Waals surface area contributed by atoms with Gasteiger partial charge >= 0.3 is 0 Å². The highest BCUT2D eigenvalue weighted by molar-refractivity contribution is 5.94. The third-order valence-corrected chi connectivity index (χ3v) is 5.32. The zero-order chi connectivity index (χ0) is 19.5. The standard InChI is InChI=1S/C22H25N5O/c1-16-12-24-17(2)21(25-16)19-5-7-20(8-6-19)22(28)27-10-3-4-18(14-27)13-26-11-9-23-15-26/h5-9,11-12,15,18H,3-4,10,13-14H2,1-2H3/t18-/m0/s1. The minimum Gasteiger partial charge on any atom is -0.338 e. The van der Waals surface area contributed by atoms with Crippen molar-refractivity contribution in [3.05, 3.63) is 66.1 Å². The molecule has 144 valence electrons. The van der Waals surface area contributed by atoms with Gasteiger partial charge < -0.3 is 9.47 Å². The van der Waals surface area contributed by atoms with Crippen LogP contribution in [0.25, 0.3) is 11.3 Å². The lowest BCUT2D eigenvalue weighted by Gasteiger charge is -2.33. The number of piperidine rings is 1. The number of nitrogens with zero attached hydrogens (tertiary/aromatic N) is 5. The number of hydrogen-bond acceptors (Lipinski definition) is 4. The van der Waals surface area contributed by atoms with Crippen molar-refractivity contribution in [1.29, 1.82) is 0 Å². The molecule has 1 aromatic carbocycles. The van der Waals surface area contributed by atoms with E-state index in [2.05, 4.69) is 19.5 Å². The van der Waals surface area contributed by atoms with Crippen molar-refractivity contribution in [1.82, 2.24) is 24.4 Å². The van der Waals surface area contributed by atoms with Crippen LogP contribution in [0, 0.1) is 19.8 Å². The van der Waals surface area contributed by atoms with Crippen LogP contribution in [-0.2, 0) is 6.54 Å². The first-order valence-corrected chi connectivity index (χ1v) is 9.76. The molecule has 3 aromatic rings. The number of carbonyl (C=O) groups excluding carboxylic acids is 1. The molecule has 3 heterocycles. The zero-order valence-corrected chi connectivity index (χ0v) is 16.4. The van der Waals surface area contributed by atoms with E-state index in [4.69, 9.17) is 0 Å². The van der Waals surface area contributed by atoms with Crippen LogP contribution in [0.2, 0.25) is 0 Å². The van der Waals surface area contributed by atoms with Gasteiger partial charge in [0.1, 0.15) is 0 Å². The molecule has 1 fully saturated rings. The van der Waals surface area contributed by atoms with Crippen LogP contribution in [0.15, 0.2) is 49.2 Å². The molecule has 0 aliphatic carbocycles. The number of aromatic nitrogens is 4. The average molecular weight is 375 g/mol. The molecule has 6 nitrogen and oxygen atoms in total. The Bertz CT molecular complexity index is 950. The van der Waals surface area contributed by atoms with Crippen LogP contribution < -0.4 is 0 Å². The van der Waals surface area contributed by atoms with E-state index in [0.29, 0.717) is 5.92 Å².